The minimum atomic E-state index is -0.482. The molecule has 0 N–H and O–H groups in total. The van der Waals surface area contributed by atoms with Crippen LogP contribution in [0.2, 0.25) is 0 Å². The average molecular weight is 376 g/mol. The lowest BCUT2D eigenvalue weighted by Crippen LogP contribution is -2.09. The summed E-state index contributed by atoms with van der Waals surface area (Å²) in [6.45, 7) is 5.48. The third-order valence-electron chi connectivity index (χ3n) is 3.99. The summed E-state index contributed by atoms with van der Waals surface area (Å²) in [5.74, 6) is 0.587. The second kappa shape index (κ2) is 10.1. The summed E-state index contributed by atoms with van der Waals surface area (Å²) < 4.78 is 10.9. The van der Waals surface area contributed by atoms with Crippen LogP contribution in [0.15, 0.2) is 72.8 Å². The molecule has 0 saturated carbocycles. The molecule has 0 aliphatic carbocycles. The molecule has 0 amide bonds. The van der Waals surface area contributed by atoms with Crippen LogP contribution in [0.4, 0.5) is 0 Å². The number of hydrogen-bond acceptors (Lipinski definition) is 4. The number of carbonyl (C=O) groups is 2. The number of Topliss-reactive ketones (excluding diaryl/α,β-unsaturated/α-hetero) is 1. The fourth-order valence-electron chi connectivity index (χ4n) is 2.60. The first-order valence-electron chi connectivity index (χ1n) is 9.15. The van der Waals surface area contributed by atoms with Gasteiger partial charge in [-0.1, -0.05) is 56.3 Å². The highest BCUT2D eigenvalue weighted by Gasteiger charge is 2.12. The molecule has 0 aromatic heterocycles. The van der Waals surface area contributed by atoms with Gasteiger partial charge in [0.15, 0.2) is 5.78 Å². The number of methoxy groups -OCH3 is 1. The number of benzene rings is 3. The van der Waals surface area contributed by atoms with Crippen molar-refractivity contribution < 1.29 is 19.1 Å². The minimum absolute atomic E-state index is 0.0485. The zero-order valence-electron chi connectivity index (χ0n) is 16.6. The predicted octanol–water partition coefficient (Wildman–Crippen LogP) is 5.81. The Hall–Kier alpha value is -3.40. The molecule has 0 fully saturated rings. The average Bonchev–Trinajstić information content (AvgIpc) is 2.75. The molecule has 0 radical (unpaired) electrons. The second-order valence-corrected chi connectivity index (χ2v) is 5.75. The maximum atomic E-state index is 12.4. The third-order valence-corrected chi connectivity index (χ3v) is 3.99. The number of hydrogen-bond donors (Lipinski definition) is 0. The van der Waals surface area contributed by atoms with Gasteiger partial charge in [0.05, 0.1) is 12.7 Å². The molecule has 0 aliphatic rings. The molecule has 0 spiro atoms. The molecule has 4 heteroatoms. The van der Waals surface area contributed by atoms with Gasteiger partial charge in [-0.05, 0) is 42.8 Å². The summed E-state index contributed by atoms with van der Waals surface area (Å²) in [5, 5.41) is 0. The Balaban J connectivity index is 0.00000136. The van der Waals surface area contributed by atoms with Gasteiger partial charge in [-0.25, -0.2) is 4.79 Å². The molecular formula is C24H24O4. The lowest BCUT2D eigenvalue weighted by Gasteiger charge is -2.11. The van der Waals surface area contributed by atoms with E-state index in [1.54, 1.807) is 49.6 Å². The minimum Gasteiger partial charge on any atom is -0.496 e. The fourth-order valence-corrected chi connectivity index (χ4v) is 2.60. The number of ether oxygens (including phenoxy) is 2. The number of ketones is 1. The standard InChI is InChI=1S/C22H18O4.C2H6/c1-15(23)16-8-10-18(11-9-16)22(24)26-19-12-13-21(25-2)20(14-19)17-6-4-3-5-7-17;1-2/h3-14H,1-2H3;1-2H3. The molecule has 0 aliphatic heterocycles. The van der Waals surface area contributed by atoms with Crippen LogP contribution >= 0.6 is 0 Å². The van der Waals surface area contributed by atoms with Crippen molar-refractivity contribution in [1.29, 1.82) is 0 Å². The molecule has 0 unspecified atom stereocenters. The van der Waals surface area contributed by atoms with Crippen molar-refractivity contribution in [1.82, 2.24) is 0 Å². The maximum Gasteiger partial charge on any atom is 0.343 e. The van der Waals surface area contributed by atoms with Gasteiger partial charge in [0, 0.05) is 11.1 Å². The largest absolute Gasteiger partial charge is 0.496 e. The number of carbonyl (C=O) groups excluding carboxylic acids is 2. The molecule has 0 atom stereocenters. The Bertz CT molecular complexity index is 929. The highest BCUT2D eigenvalue weighted by molar-refractivity contribution is 5.96. The van der Waals surface area contributed by atoms with Crippen LogP contribution in [0.3, 0.4) is 0 Å². The van der Waals surface area contributed by atoms with E-state index < -0.39 is 5.97 Å². The van der Waals surface area contributed by atoms with Gasteiger partial charge in [0.2, 0.25) is 0 Å². The second-order valence-electron chi connectivity index (χ2n) is 5.75. The highest BCUT2D eigenvalue weighted by atomic mass is 16.5. The molecule has 0 saturated heterocycles. The summed E-state index contributed by atoms with van der Waals surface area (Å²) in [5.41, 5.74) is 2.74. The molecule has 0 bridgehead atoms. The maximum absolute atomic E-state index is 12.4. The van der Waals surface area contributed by atoms with Gasteiger partial charge in [-0.2, -0.15) is 0 Å². The smallest absolute Gasteiger partial charge is 0.343 e. The quantitative estimate of drug-likeness (QED) is 0.320. The lowest BCUT2D eigenvalue weighted by atomic mass is 10.0. The van der Waals surface area contributed by atoms with Crippen molar-refractivity contribution in [3.05, 3.63) is 83.9 Å². The van der Waals surface area contributed by atoms with Crippen LogP contribution in [-0.4, -0.2) is 18.9 Å². The van der Waals surface area contributed by atoms with Crippen molar-refractivity contribution in [2.24, 2.45) is 0 Å². The van der Waals surface area contributed by atoms with E-state index >= 15 is 0 Å². The Morgan fingerprint density at radius 1 is 0.786 bits per heavy atom. The summed E-state index contributed by atoms with van der Waals surface area (Å²) >= 11 is 0. The van der Waals surface area contributed by atoms with Crippen molar-refractivity contribution in [2.75, 3.05) is 7.11 Å². The van der Waals surface area contributed by atoms with Crippen LogP contribution < -0.4 is 9.47 Å². The third kappa shape index (κ3) is 5.07. The van der Waals surface area contributed by atoms with Crippen LogP contribution in [0, 0.1) is 0 Å². The first kappa shape index (κ1) is 20.9. The first-order chi connectivity index (χ1) is 13.6. The van der Waals surface area contributed by atoms with E-state index in [0.29, 0.717) is 22.6 Å². The monoisotopic (exact) mass is 376 g/mol. The zero-order chi connectivity index (χ0) is 20.5. The van der Waals surface area contributed by atoms with Crippen LogP contribution in [-0.2, 0) is 0 Å². The van der Waals surface area contributed by atoms with Gasteiger partial charge in [0.1, 0.15) is 11.5 Å². The van der Waals surface area contributed by atoms with E-state index in [4.69, 9.17) is 9.47 Å². The van der Waals surface area contributed by atoms with Crippen LogP contribution in [0.25, 0.3) is 11.1 Å². The van der Waals surface area contributed by atoms with Gasteiger partial charge < -0.3 is 9.47 Å². The normalized spacial score (nSPS) is 9.71. The number of esters is 1. The van der Waals surface area contributed by atoms with E-state index in [1.165, 1.54) is 6.92 Å². The summed E-state index contributed by atoms with van der Waals surface area (Å²) in [7, 11) is 1.60. The molecule has 3 rings (SSSR count). The van der Waals surface area contributed by atoms with Crippen molar-refractivity contribution >= 4 is 11.8 Å². The van der Waals surface area contributed by atoms with Crippen molar-refractivity contribution in [2.45, 2.75) is 20.8 Å². The Kier molecular flexibility index (Phi) is 7.52. The zero-order valence-corrected chi connectivity index (χ0v) is 16.6. The molecule has 4 nitrogen and oxygen atoms in total. The molecule has 144 valence electrons. The summed E-state index contributed by atoms with van der Waals surface area (Å²) in [6, 6.07) is 21.4. The molecule has 0 heterocycles. The van der Waals surface area contributed by atoms with Gasteiger partial charge in [0.25, 0.3) is 0 Å². The predicted molar refractivity (Wildman–Crippen MR) is 111 cm³/mol. The van der Waals surface area contributed by atoms with E-state index in [9.17, 15) is 9.59 Å². The topological polar surface area (TPSA) is 52.6 Å². The Labute approximate surface area is 165 Å². The van der Waals surface area contributed by atoms with E-state index in [2.05, 4.69) is 0 Å². The SMILES string of the molecule is CC.COc1ccc(OC(=O)c2ccc(C(C)=O)cc2)cc1-c1ccccc1. The lowest BCUT2D eigenvalue weighted by molar-refractivity contribution is 0.0734. The summed E-state index contributed by atoms with van der Waals surface area (Å²) in [4.78, 5) is 23.7. The fraction of sp³-hybridized carbons (Fsp3) is 0.167. The van der Waals surface area contributed by atoms with Crippen molar-refractivity contribution in [3.63, 3.8) is 0 Å². The Morgan fingerprint density at radius 3 is 1.96 bits per heavy atom. The van der Waals surface area contributed by atoms with Crippen LogP contribution in [0.1, 0.15) is 41.5 Å². The van der Waals surface area contributed by atoms with Gasteiger partial charge >= 0.3 is 5.97 Å². The highest BCUT2D eigenvalue weighted by Crippen LogP contribution is 2.33. The molecule has 28 heavy (non-hydrogen) atoms. The van der Waals surface area contributed by atoms with Gasteiger partial charge in [-0.15, -0.1) is 0 Å². The van der Waals surface area contributed by atoms with Crippen molar-refractivity contribution in [3.8, 4) is 22.6 Å². The number of rotatable bonds is 5. The van der Waals surface area contributed by atoms with Gasteiger partial charge in [-0.3, -0.25) is 4.79 Å². The van der Waals surface area contributed by atoms with E-state index in [-0.39, 0.29) is 5.78 Å². The molecular weight excluding hydrogens is 352 g/mol. The van der Waals surface area contributed by atoms with E-state index in [0.717, 1.165) is 11.1 Å². The summed E-state index contributed by atoms with van der Waals surface area (Å²) in [6.07, 6.45) is 0. The molecule has 3 aromatic carbocycles. The Morgan fingerprint density at radius 2 is 1.39 bits per heavy atom. The molecule has 3 aromatic rings. The first-order valence-corrected chi connectivity index (χ1v) is 9.15. The van der Waals surface area contributed by atoms with Crippen LogP contribution in [0.5, 0.6) is 11.5 Å². The van der Waals surface area contributed by atoms with E-state index in [1.807, 2.05) is 44.2 Å².